The predicted octanol–water partition coefficient (Wildman–Crippen LogP) is 5.31. The maximum atomic E-state index is 12.2. The van der Waals surface area contributed by atoms with E-state index in [9.17, 15) is 28.8 Å². The van der Waals surface area contributed by atoms with E-state index in [1.807, 2.05) is 11.8 Å². The van der Waals surface area contributed by atoms with Crippen LogP contribution in [0.2, 0.25) is 0 Å². The zero-order valence-electron chi connectivity index (χ0n) is 24.2. The molecule has 0 spiro atoms. The molecule has 0 amide bonds. The minimum absolute atomic E-state index is 0.104. The molecule has 41 heavy (non-hydrogen) atoms. The van der Waals surface area contributed by atoms with E-state index >= 15 is 0 Å². The molecule has 0 aromatic rings. The van der Waals surface area contributed by atoms with Gasteiger partial charge in [0.1, 0.15) is 12.8 Å². The van der Waals surface area contributed by atoms with Crippen LogP contribution in [0.25, 0.3) is 0 Å². The highest BCUT2D eigenvalue weighted by Gasteiger charge is 2.27. The van der Waals surface area contributed by atoms with Crippen molar-refractivity contribution in [3.05, 3.63) is 24.3 Å². The van der Waals surface area contributed by atoms with Crippen LogP contribution < -0.4 is 0 Å². The summed E-state index contributed by atoms with van der Waals surface area (Å²) >= 11 is 0. The molecular weight excluding hydrogens is 528 g/mol. The van der Waals surface area contributed by atoms with Crippen LogP contribution in [0, 0.1) is 36.5 Å². The third-order valence-corrected chi connectivity index (χ3v) is 5.94. The lowest BCUT2D eigenvalue weighted by Crippen LogP contribution is -2.26. The molecule has 2 aliphatic carbocycles. The standard InChI is InChI=1S/C18H26O3.C8H6O3.C6H10O3/c19-17(15-11-7-3-1-4-8-12-15)21-18(20)16-13-9-5-2-6-10-14-16;1-3-5-7(9)11-8(10)6-4-2;1-3-5(7)9-6(8)4-2/h1-3,5,15-16H,4,6-14H2;1-2H,5-6H2;3-4H2,1-2H3/b3-1-,5-2-;;. The summed E-state index contributed by atoms with van der Waals surface area (Å²) in [6.07, 6.45) is 27.4. The lowest BCUT2D eigenvalue weighted by molar-refractivity contribution is -0.166. The molecule has 0 heterocycles. The van der Waals surface area contributed by atoms with Gasteiger partial charge < -0.3 is 14.2 Å². The highest BCUT2D eigenvalue weighted by Crippen LogP contribution is 2.23. The van der Waals surface area contributed by atoms with Crippen LogP contribution in [0.5, 0.6) is 0 Å². The van der Waals surface area contributed by atoms with Crippen LogP contribution in [0.3, 0.4) is 0 Å². The third-order valence-electron chi connectivity index (χ3n) is 5.94. The van der Waals surface area contributed by atoms with Gasteiger partial charge in [-0.2, -0.15) is 0 Å². The van der Waals surface area contributed by atoms with Crippen LogP contribution in [-0.2, 0) is 43.0 Å². The monoisotopic (exact) mass is 570 g/mol. The number of carbonyl (C=O) groups is 6. The number of carbonyl (C=O) groups excluding carboxylic acids is 6. The van der Waals surface area contributed by atoms with Gasteiger partial charge in [-0.15, -0.1) is 12.8 Å². The Kier molecular flexibility index (Phi) is 21.6. The van der Waals surface area contributed by atoms with Crippen molar-refractivity contribution in [3.8, 4) is 24.7 Å². The van der Waals surface area contributed by atoms with Crippen molar-refractivity contribution in [1.29, 1.82) is 0 Å². The van der Waals surface area contributed by atoms with E-state index in [0.29, 0.717) is 0 Å². The van der Waals surface area contributed by atoms with Gasteiger partial charge in [-0.1, -0.05) is 50.0 Å². The zero-order chi connectivity index (χ0) is 30.9. The molecule has 0 aromatic carbocycles. The number of terminal acetylenes is 2. The number of hydrogen-bond acceptors (Lipinski definition) is 9. The van der Waals surface area contributed by atoms with Gasteiger partial charge in [0.25, 0.3) is 0 Å². The Balaban J connectivity index is 0.000000673. The molecular formula is C32H42O9. The van der Waals surface area contributed by atoms with Crippen molar-refractivity contribution in [3.63, 3.8) is 0 Å². The molecule has 0 aliphatic heterocycles. The fourth-order valence-electron chi connectivity index (χ4n) is 3.69. The van der Waals surface area contributed by atoms with Crippen molar-refractivity contribution < 1.29 is 43.0 Å². The van der Waals surface area contributed by atoms with Gasteiger partial charge in [0.05, 0.1) is 11.8 Å². The normalized spacial score (nSPS) is 19.3. The topological polar surface area (TPSA) is 130 Å². The van der Waals surface area contributed by atoms with Crippen LogP contribution in [0.15, 0.2) is 24.3 Å². The highest BCUT2D eigenvalue weighted by molar-refractivity contribution is 5.88. The lowest BCUT2D eigenvalue weighted by atomic mass is 9.93. The second-order valence-corrected chi connectivity index (χ2v) is 9.25. The van der Waals surface area contributed by atoms with E-state index in [-0.39, 0.29) is 49.5 Å². The largest absolute Gasteiger partial charge is 0.393 e. The number of esters is 6. The number of allylic oxidation sites excluding steroid dienone is 4. The third kappa shape index (κ3) is 19.7. The smallest absolute Gasteiger partial charge is 0.325 e. The summed E-state index contributed by atoms with van der Waals surface area (Å²) in [5.41, 5.74) is 0. The van der Waals surface area contributed by atoms with Gasteiger partial charge in [-0.25, -0.2) is 0 Å². The average molecular weight is 571 g/mol. The Hall–Kier alpha value is -3.98. The van der Waals surface area contributed by atoms with Crippen molar-refractivity contribution >= 4 is 35.8 Å². The molecule has 9 heteroatoms. The molecule has 0 N–H and O–H groups in total. The first kappa shape index (κ1) is 37.0. The van der Waals surface area contributed by atoms with Gasteiger partial charge in [0, 0.05) is 12.8 Å². The molecule has 2 rings (SSSR count). The van der Waals surface area contributed by atoms with Crippen molar-refractivity contribution in [1.82, 2.24) is 0 Å². The molecule has 224 valence electrons. The Morgan fingerprint density at radius 1 is 0.585 bits per heavy atom. The number of ether oxygens (including phenoxy) is 3. The summed E-state index contributed by atoms with van der Waals surface area (Å²) in [4.78, 5) is 66.0. The molecule has 9 nitrogen and oxygen atoms in total. The Morgan fingerprint density at radius 2 is 0.951 bits per heavy atom. The SMILES string of the molecule is C#CCC(=O)OC(=O)CC#C.CCC(=O)OC(=O)CC.O=C(OC(=O)C1CC/C=C\CCC1)C1CC/C=C\CCC1. The maximum absolute atomic E-state index is 12.2. The van der Waals surface area contributed by atoms with Crippen molar-refractivity contribution in [2.45, 2.75) is 104 Å². The van der Waals surface area contributed by atoms with E-state index in [4.69, 9.17) is 17.6 Å². The first-order valence-electron chi connectivity index (χ1n) is 14.1. The molecule has 0 radical (unpaired) electrons. The van der Waals surface area contributed by atoms with Crippen molar-refractivity contribution in [2.24, 2.45) is 11.8 Å². The minimum atomic E-state index is -0.743. The second-order valence-electron chi connectivity index (χ2n) is 9.25. The van der Waals surface area contributed by atoms with Gasteiger partial charge in [0.2, 0.25) is 0 Å². The van der Waals surface area contributed by atoms with E-state index in [1.54, 1.807) is 13.8 Å². The fourth-order valence-corrected chi connectivity index (χ4v) is 3.69. The Bertz CT molecular complexity index is 929. The van der Waals surface area contributed by atoms with Crippen LogP contribution in [0.4, 0.5) is 0 Å². The minimum Gasteiger partial charge on any atom is -0.393 e. The lowest BCUT2D eigenvalue weighted by Gasteiger charge is -2.19. The summed E-state index contributed by atoms with van der Waals surface area (Å²) in [7, 11) is 0. The van der Waals surface area contributed by atoms with Crippen LogP contribution >= 0.6 is 0 Å². The summed E-state index contributed by atoms with van der Waals surface area (Å²) in [5.74, 6) is 0.869. The molecule has 2 unspecified atom stereocenters. The summed E-state index contributed by atoms with van der Waals surface area (Å²) in [6, 6.07) is 0. The number of hydrogen-bond donors (Lipinski definition) is 0. The summed E-state index contributed by atoms with van der Waals surface area (Å²) in [5, 5.41) is 0. The van der Waals surface area contributed by atoms with E-state index in [1.165, 1.54) is 0 Å². The molecule has 2 aliphatic rings. The molecule has 0 fully saturated rings. The molecule has 0 bridgehead atoms. The van der Waals surface area contributed by atoms with E-state index in [0.717, 1.165) is 64.2 Å². The van der Waals surface area contributed by atoms with Gasteiger partial charge >= 0.3 is 35.8 Å². The molecule has 0 saturated carbocycles. The second kappa shape index (κ2) is 23.9. The highest BCUT2D eigenvalue weighted by atomic mass is 16.6. The Labute approximate surface area is 243 Å². The quantitative estimate of drug-likeness (QED) is 0.137. The molecule has 0 saturated heterocycles. The molecule has 2 atom stereocenters. The van der Waals surface area contributed by atoms with Crippen LogP contribution in [0.1, 0.15) is 104 Å². The van der Waals surface area contributed by atoms with E-state index < -0.39 is 23.9 Å². The Morgan fingerprint density at radius 3 is 1.32 bits per heavy atom. The van der Waals surface area contributed by atoms with E-state index in [2.05, 4.69) is 33.8 Å². The molecule has 0 aromatic heterocycles. The van der Waals surface area contributed by atoms with Crippen molar-refractivity contribution in [2.75, 3.05) is 0 Å². The van der Waals surface area contributed by atoms with Gasteiger partial charge in [-0.3, -0.25) is 28.8 Å². The fraction of sp³-hybridized carbons (Fsp3) is 0.562. The van der Waals surface area contributed by atoms with Crippen LogP contribution in [-0.4, -0.2) is 35.8 Å². The first-order chi connectivity index (χ1) is 19.7. The average Bonchev–Trinajstić information content (AvgIpc) is 2.89. The summed E-state index contributed by atoms with van der Waals surface area (Å²) < 4.78 is 13.6. The maximum Gasteiger partial charge on any atom is 0.325 e. The first-order valence-corrected chi connectivity index (χ1v) is 14.1. The van der Waals surface area contributed by atoms with Gasteiger partial charge in [0.15, 0.2) is 0 Å². The predicted molar refractivity (Wildman–Crippen MR) is 152 cm³/mol. The zero-order valence-corrected chi connectivity index (χ0v) is 24.2. The van der Waals surface area contributed by atoms with Gasteiger partial charge in [-0.05, 0) is 64.2 Å². The number of rotatable bonds is 6. The summed E-state index contributed by atoms with van der Waals surface area (Å²) in [6.45, 7) is 3.29.